The molecule has 34 heavy (non-hydrogen) atoms. The van der Waals surface area contributed by atoms with E-state index in [1.165, 1.54) is 6.92 Å². The van der Waals surface area contributed by atoms with Gasteiger partial charge in [0.25, 0.3) is 0 Å². The highest BCUT2D eigenvalue weighted by Crippen LogP contribution is 2.31. The fourth-order valence-corrected chi connectivity index (χ4v) is 4.10. The van der Waals surface area contributed by atoms with E-state index in [9.17, 15) is 51.1 Å². The summed E-state index contributed by atoms with van der Waals surface area (Å²) in [6.07, 6.45) is -21.2. The van der Waals surface area contributed by atoms with E-state index < -0.39 is 112 Å². The van der Waals surface area contributed by atoms with Crippen LogP contribution in [0.4, 0.5) is 0 Å². The van der Waals surface area contributed by atoms with Crippen molar-refractivity contribution in [1.29, 1.82) is 0 Å². The largest absolute Gasteiger partial charge is 0.394 e. The average molecular weight is 502 g/mol. The monoisotopic (exact) mass is 502 g/mol. The summed E-state index contributed by atoms with van der Waals surface area (Å²) in [4.78, 5) is 0. The predicted molar refractivity (Wildman–Crippen MR) is 104 cm³/mol. The first kappa shape index (κ1) is 28.0. The van der Waals surface area contributed by atoms with Crippen LogP contribution in [0.1, 0.15) is 6.92 Å². The summed E-state index contributed by atoms with van der Waals surface area (Å²) in [6.45, 7) is -0.425. The zero-order valence-corrected chi connectivity index (χ0v) is 18.3. The van der Waals surface area contributed by atoms with Crippen molar-refractivity contribution in [3.63, 3.8) is 0 Å². The highest BCUT2D eigenvalue weighted by atomic mass is 16.7. The Bertz CT molecular complexity index is 637. The van der Waals surface area contributed by atoms with E-state index in [-0.39, 0.29) is 0 Å². The van der Waals surface area contributed by atoms with Crippen molar-refractivity contribution in [3.8, 4) is 0 Å². The minimum absolute atomic E-state index is 0.560. The molecular weight excluding hydrogens is 468 g/mol. The summed E-state index contributed by atoms with van der Waals surface area (Å²) in [5, 5.41) is 99.7. The van der Waals surface area contributed by atoms with Gasteiger partial charge in [0, 0.05) is 5.92 Å². The zero-order valence-electron chi connectivity index (χ0n) is 18.3. The lowest BCUT2D eigenvalue weighted by Crippen LogP contribution is -2.64. The molecule has 3 fully saturated rings. The maximum atomic E-state index is 10.4. The van der Waals surface area contributed by atoms with Crippen LogP contribution in [0.25, 0.3) is 0 Å². The first-order valence-electron chi connectivity index (χ1n) is 10.9. The van der Waals surface area contributed by atoms with Gasteiger partial charge < -0.3 is 74.7 Å². The second-order valence-corrected chi connectivity index (χ2v) is 8.74. The Morgan fingerprint density at radius 1 is 0.588 bits per heavy atom. The van der Waals surface area contributed by atoms with Crippen LogP contribution in [0, 0.1) is 5.92 Å². The van der Waals surface area contributed by atoms with Crippen molar-refractivity contribution < 1.29 is 74.7 Å². The minimum atomic E-state index is -1.79. The van der Waals surface area contributed by atoms with E-state index >= 15 is 0 Å². The summed E-state index contributed by atoms with van der Waals surface area (Å²) < 4.78 is 26.8. The zero-order chi connectivity index (χ0) is 25.3. The highest BCUT2D eigenvalue weighted by Gasteiger charge is 2.50. The van der Waals surface area contributed by atoms with Gasteiger partial charge in [-0.2, -0.15) is 0 Å². The Labute approximate surface area is 194 Å². The molecule has 10 N–H and O–H groups in total. The molecular formula is C19H34O15. The average Bonchev–Trinajstić information content (AvgIpc) is 2.82. The Balaban J connectivity index is 1.66. The topological polar surface area (TPSA) is 248 Å². The molecule has 3 rings (SSSR count). The molecule has 0 aliphatic carbocycles. The van der Waals surface area contributed by atoms with Gasteiger partial charge in [-0.3, -0.25) is 0 Å². The van der Waals surface area contributed by atoms with Crippen molar-refractivity contribution in [1.82, 2.24) is 0 Å². The second kappa shape index (κ2) is 11.6. The van der Waals surface area contributed by atoms with Crippen molar-refractivity contribution in [3.05, 3.63) is 0 Å². The third kappa shape index (κ3) is 5.54. The molecule has 0 saturated carbocycles. The normalized spacial score (nSPS) is 52.5. The number of rotatable bonds is 7. The molecule has 0 spiro atoms. The molecule has 3 aliphatic rings. The van der Waals surface area contributed by atoms with Crippen molar-refractivity contribution >= 4 is 0 Å². The van der Waals surface area contributed by atoms with Gasteiger partial charge >= 0.3 is 0 Å². The quantitative estimate of drug-likeness (QED) is 0.155. The molecule has 3 heterocycles. The van der Waals surface area contributed by atoms with E-state index in [1.54, 1.807) is 0 Å². The van der Waals surface area contributed by atoms with Crippen LogP contribution in [0.3, 0.4) is 0 Å². The first-order chi connectivity index (χ1) is 16.0. The van der Waals surface area contributed by atoms with Crippen LogP contribution in [0.5, 0.6) is 0 Å². The van der Waals surface area contributed by atoms with Gasteiger partial charge in [0.2, 0.25) is 0 Å². The van der Waals surface area contributed by atoms with E-state index in [4.69, 9.17) is 23.7 Å². The Morgan fingerprint density at radius 2 is 1.12 bits per heavy atom. The number of ether oxygens (including phenoxy) is 5. The molecule has 0 aromatic carbocycles. The van der Waals surface area contributed by atoms with E-state index in [0.29, 0.717) is 0 Å². The maximum absolute atomic E-state index is 10.4. The van der Waals surface area contributed by atoms with Crippen LogP contribution >= 0.6 is 0 Å². The number of hydrogen-bond donors (Lipinski definition) is 10. The third-order valence-electron chi connectivity index (χ3n) is 6.42. The Morgan fingerprint density at radius 3 is 1.71 bits per heavy atom. The lowest BCUT2D eigenvalue weighted by atomic mass is 9.92. The van der Waals surface area contributed by atoms with Gasteiger partial charge in [-0.25, -0.2) is 0 Å². The van der Waals surface area contributed by atoms with Gasteiger partial charge in [-0.1, -0.05) is 6.92 Å². The molecule has 200 valence electrons. The maximum Gasteiger partial charge on any atom is 0.187 e. The predicted octanol–water partition coefficient (Wildman–Crippen LogP) is -6.30. The van der Waals surface area contributed by atoms with Crippen molar-refractivity contribution in [2.24, 2.45) is 5.92 Å². The molecule has 3 saturated heterocycles. The summed E-state index contributed by atoms with van der Waals surface area (Å²) in [7, 11) is 0. The molecule has 0 aromatic heterocycles. The van der Waals surface area contributed by atoms with Gasteiger partial charge in [0.1, 0.15) is 61.0 Å². The molecule has 0 radical (unpaired) electrons. The fraction of sp³-hybridized carbons (Fsp3) is 1.00. The van der Waals surface area contributed by atoms with Crippen LogP contribution in [-0.4, -0.2) is 157 Å². The smallest absolute Gasteiger partial charge is 0.187 e. The highest BCUT2D eigenvalue weighted by molar-refractivity contribution is 4.94. The van der Waals surface area contributed by atoms with Crippen molar-refractivity contribution in [2.75, 3.05) is 19.8 Å². The summed E-state index contributed by atoms with van der Waals surface area (Å²) in [5.41, 5.74) is 0. The molecule has 0 aromatic rings. The van der Waals surface area contributed by atoms with E-state index in [1.807, 2.05) is 0 Å². The number of hydrogen-bond acceptors (Lipinski definition) is 15. The first-order valence-corrected chi connectivity index (χ1v) is 10.9. The Kier molecular flexibility index (Phi) is 9.57. The summed E-state index contributed by atoms with van der Waals surface area (Å²) in [6, 6.07) is 0. The molecule has 3 aliphatic heterocycles. The van der Waals surface area contributed by atoms with E-state index in [0.717, 1.165) is 0 Å². The second-order valence-electron chi connectivity index (χ2n) is 8.74. The van der Waals surface area contributed by atoms with Crippen LogP contribution in [0.15, 0.2) is 0 Å². The fourth-order valence-electron chi connectivity index (χ4n) is 4.10. The van der Waals surface area contributed by atoms with Crippen LogP contribution in [0.2, 0.25) is 0 Å². The SMILES string of the molecule is CC1[C@H](O)OC(CO)[C@@H](O[C@@H]2OC(CO[C@H]3OC(CO)[C@@H](O)[C@H](O)C3O)[C@@H](O)[C@H](O)C2O)[C@@H]1O. The van der Waals surface area contributed by atoms with E-state index in [2.05, 4.69) is 0 Å². The minimum Gasteiger partial charge on any atom is -0.394 e. The lowest BCUT2D eigenvalue weighted by Gasteiger charge is -2.46. The molecule has 15 atom stereocenters. The molecule has 0 bridgehead atoms. The lowest BCUT2D eigenvalue weighted by molar-refractivity contribution is -0.358. The van der Waals surface area contributed by atoms with Crippen LogP contribution < -0.4 is 0 Å². The Hall–Kier alpha value is -0.600. The third-order valence-corrected chi connectivity index (χ3v) is 6.42. The van der Waals surface area contributed by atoms with Gasteiger partial charge in [-0.05, 0) is 0 Å². The number of aliphatic hydroxyl groups excluding tert-OH is 10. The van der Waals surface area contributed by atoms with Gasteiger partial charge in [0.15, 0.2) is 18.9 Å². The van der Waals surface area contributed by atoms with Crippen LogP contribution in [-0.2, 0) is 23.7 Å². The van der Waals surface area contributed by atoms with Gasteiger partial charge in [0.05, 0.1) is 25.9 Å². The summed E-state index contributed by atoms with van der Waals surface area (Å²) >= 11 is 0. The molecule has 15 nitrogen and oxygen atoms in total. The number of aliphatic hydroxyl groups is 10. The standard InChI is InChI=1S/C19H34O15/c1-5-9(22)16(7(3-21)31-17(5)29)34-19-15(28)13(26)11(24)8(33-19)4-30-18-14(27)12(25)10(23)6(2-20)32-18/h5-29H,2-4H2,1H3/t5?,6?,7?,8?,9-,10-,11-,12+,13+,14?,15?,16-,17-,18+,19+/m1/s1. The molecule has 6 unspecified atom stereocenters. The molecule has 15 heteroatoms. The molecule has 0 amide bonds. The summed E-state index contributed by atoms with van der Waals surface area (Å²) in [5.74, 6) is -0.825. The van der Waals surface area contributed by atoms with Gasteiger partial charge in [-0.15, -0.1) is 0 Å². The van der Waals surface area contributed by atoms with Crippen molar-refractivity contribution in [2.45, 2.75) is 92.9 Å².